The largest absolute Gasteiger partial charge is 0.489 e. The Balaban J connectivity index is 1.43. The average molecular weight is 562 g/mol. The Morgan fingerprint density at radius 2 is 1.62 bits per heavy atom. The van der Waals surface area contributed by atoms with Crippen LogP contribution in [0.5, 0.6) is 5.75 Å². The Kier molecular flexibility index (Phi) is 9.01. The summed E-state index contributed by atoms with van der Waals surface area (Å²) in [6.45, 7) is 3.62. The number of carbonyl (C=O) groups excluding carboxylic acids is 1. The SMILES string of the molecule is Cc1cccc(N(CC(=O)N/N=C/c2ccc(OCc3ccccc3Cl)cc2)S(=O)(=O)c2ccccc2)c1C. The van der Waals surface area contributed by atoms with Gasteiger partial charge in [0, 0.05) is 10.6 Å². The van der Waals surface area contributed by atoms with Gasteiger partial charge >= 0.3 is 0 Å². The highest BCUT2D eigenvalue weighted by molar-refractivity contribution is 7.92. The number of benzene rings is 4. The number of nitrogens with zero attached hydrogens (tertiary/aromatic N) is 2. The van der Waals surface area contributed by atoms with E-state index in [1.807, 2.05) is 44.2 Å². The molecule has 0 spiro atoms. The molecule has 1 amide bonds. The third-order valence-corrected chi connectivity index (χ3v) is 8.24. The van der Waals surface area contributed by atoms with Crippen molar-refractivity contribution in [3.05, 3.63) is 124 Å². The van der Waals surface area contributed by atoms with E-state index in [0.29, 0.717) is 23.1 Å². The van der Waals surface area contributed by atoms with Crippen molar-refractivity contribution in [1.29, 1.82) is 0 Å². The van der Waals surface area contributed by atoms with Crippen LogP contribution in [0.25, 0.3) is 0 Å². The first kappa shape index (κ1) is 27.9. The molecular weight excluding hydrogens is 534 g/mol. The molecule has 4 rings (SSSR count). The van der Waals surface area contributed by atoms with E-state index < -0.39 is 22.5 Å². The fraction of sp³-hybridized carbons (Fsp3) is 0.133. The lowest BCUT2D eigenvalue weighted by Crippen LogP contribution is -2.40. The van der Waals surface area contributed by atoms with Gasteiger partial charge in [0.1, 0.15) is 18.9 Å². The number of hydrogen-bond donors (Lipinski definition) is 1. The van der Waals surface area contributed by atoms with E-state index in [9.17, 15) is 13.2 Å². The number of hydrogen-bond acceptors (Lipinski definition) is 5. The summed E-state index contributed by atoms with van der Waals surface area (Å²) >= 11 is 6.17. The highest BCUT2D eigenvalue weighted by atomic mass is 35.5. The van der Waals surface area contributed by atoms with Crippen molar-refractivity contribution in [3.63, 3.8) is 0 Å². The van der Waals surface area contributed by atoms with Crippen LogP contribution in [0, 0.1) is 13.8 Å². The third-order valence-electron chi connectivity index (χ3n) is 6.10. The van der Waals surface area contributed by atoms with Crippen molar-refractivity contribution >= 4 is 39.4 Å². The van der Waals surface area contributed by atoms with Crippen LogP contribution in [0.4, 0.5) is 5.69 Å². The number of halogens is 1. The molecule has 0 saturated carbocycles. The van der Waals surface area contributed by atoms with E-state index in [1.165, 1.54) is 18.3 Å². The lowest BCUT2D eigenvalue weighted by atomic mass is 10.1. The molecule has 7 nitrogen and oxygen atoms in total. The fourth-order valence-electron chi connectivity index (χ4n) is 3.80. The molecule has 0 aliphatic rings. The Hall–Kier alpha value is -4.14. The first-order valence-corrected chi connectivity index (χ1v) is 14.0. The van der Waals surface area contributed by atoms with E-state index in [4.69, 9.17) is 16.3 Å². The van der Waals surface area contributed by atoms with Crippen LogP contribution in [0.15, 0.2) is 107 Å². The summed E-state index contributed by atoms with van der Waals surface area (Å²) in [5.41, 5.74) is 6.17. The number of hydrazone groups is 1. The number of ether oxygens (including phenoxy) is 1. The zero-order valence-electron chi connectivity index (χ0n) is 21.5. The number of nitrogens with one attached hydrogen (secondary N) is 1. The summed E-state index contributed by atoms with van der Waals surface area (Å²) in [7, 11) is -4.00. The van der Waals surface area contributed by atoms with Gasteiger partial charge in [-0.2, -0.15) is 5.10 Å². The minimum absolute atomic E-state index is 0.0963. The zero-order valence-corrected chi connectivity index (χ0v) is 23.1. The Morgan fingerprint density at radius 1 is 0.923 bits per heavy atom. The molecule has 0 bridgehead atoms. The molecule has 200 valence electrons. The first-order valence-electron chi connectivity index (χ1n) is 12.2. The van der Waals surface area contributed by atoms with E-state index in [0.717, 1.165) is 26.6 Å². The molecule has 9 heteroatoms. The summed E-state index contributed by atoms with van der Waals surface area (Å²) in [4.78, 5) is 12.9. The average Bonchev–Trinajstić information content (AvgIpc) is 2.94. The maximum atomic E-state index is 13.5. The van der Waals surface area contributed by atoms with Gasteiger partial charge < -0.3 is 4.74 Å². The van der Waals surface area contributed by atoms with Gasteiger partial charge in [-0.25, -0.2) is 13.8 Å². The van der Waals surface area contributed by atoms with E-state index in [-0.39, 0.29) is 4.90 Å². The van der Waals surface area contributed by atoms with Gasteiger partial charge in [0.2, 0.25) is 0 Å². The summed E-state index contributed by atoms with van der Waals surface area (Å²) in [6.07, 6.45) is 1.48. The number of sulfonamides is 1. The van der Waals surface area contributed by atoms with E-state index >= 15 is 0 Å². The second-order valence-electron chi connectivity index (χ2n) is 8.79. The quantitative estimate of drug-likeness (QED) is 0.193. The molecule has 0 aliphatic heterocycles. The van der Waals surface area contributed by atoms with Gasteiger partial charge in [-0.05, 0) is 79.1 Å². The molecule has 0 aromatic heterocycles. The van der Waals surface area contributed by atoms with Crippen LogP contribution in [-0.4, -0.2) is 27.1 Å². The predicted octanol–water partition coefficient (Wildman–Crippen LogP) is 5.88. The maximum Gasteiger partial charge on any atom is 0.264 e. The molecule has 0 atom stereocenters. The lowest BCUT2D eigenvalue weighted by Gasteiger charge is -2.26. The van der Waals surface area contributed by atoms with E-state index in [1.54, 1.807) is 54.6 Å². The number of aryl methyl sites for hydroxylation is 1. The van der Waals surface area contributed by atoms with Gasteiger partial charge in [-0.15, -0.1) is 0 Å². The molecule has 0 fully saturated rings. The zero-order chi connectivity index (χ0) is 27.8. The van der Waals surface area contributed by atoms with Crippen LogP contribution in [0.2, 0.25) is 5.02 Å². The van der Waals surface area contributed by atoms with Gasteiger partial charge in [0.05, 0.1) is 16.8 Å². The Labute approximate surface area is 233 Å². The Morgan fingerprint density at radius 3 is 2.33 bits per heavy atom. The summed E-state index contributed by atoms with van der Waals surface area (Å²) in [5.74, 6) is 0.0812. The molecule has 0 radical (unpaired) electrons. The molecule has 4 aromatic carbocycles. The van der Waals surface area contributed by atoms with Crippen molar-refractivity contribution in [2.24, 2.45) is 5.10 Å². The molecule has 0 aliphatic carbocycles. The van der Waals surface area contributed by atoms with Crippen molar-refractivity contribution in [2.45, 2.75) is 25.3 Å². The minimum atomic E-state index is -4.00. The molecule has 0 saturated heterocycles. The first-order chi connectivity index (χ1) is 18.8. The summed E-state index contributed by atoms with van der Waals surface area (Å²) < 4.78 is 33.9. The van der Waals surface area contributed by atoms with Gasteiger partial charge in [-0.3, -0.25) is 9.10 Å². The second-order valence-corrected chi connectivity index (χ2v) is 11.1. The smallest absolute Gasteiger partial charge is 0.264 e. The molecular formula is C30H28ClN3O4S. The molecule has 0 heterocycles. The number of rotatable bonds is 10. The monoisotopic (exact) mass is 561 g/mol. The normalized spacial score (nSPS) is 11.4. The van der Waals surface area contributed by atoms with Crippen LogP contribution < -0.4 is 14.5 Å². The lowest BCUT2D eigenvalue weighted by molar-refractivity contribution is -0.119. The van der Waals surface area contributed by atoms with Crippen molar-refractivity contribution in [2.75, 3.05) is 10.8 Å². The predicted molar refractivity (Wildman–Crippen MR) is 155 cm³/mol. The number of anilines is 1. The highest BCUT2D eigenvalue weighted by Crippen LogP contribution is 2.28. The minimum Gasteiger partial charge on any atom is -0.489 e. The maximum absolute atomic E-state index is 13.5. The van der Waals surface area contributed by atoms with Gasteiger partial charge in [-0.1, -0.05) is 60.1 Å². The Bertz CT molecular complexity index is 1570. The fourth-order valence-corrected chi connectivity index (χ4v) is 5.49. The van der Waals surface area contributed by atoms with Gasteiger partial charge in [0.25, 0.3) is 15.9 Å². The number of carbonyl (C=O) groups is 1. The summed E-state index contributed by atoms with van der Waals surface area (Å²) in [6, 6.07) is 28.0. The van der Waals surface area contributed by atoms with Crippen molar-refractivity contribution < 1.29 is 17.9 Å². The standard InChI is InChI=1S/C30H28ClN3O4S/c1-22-9-8-14-29(23(22)2)34(39(36,37)27-11-4-3-5-12-27)20-30(35)33-32-19-24-15-17-26(18-16-24)38-21-25-10-6-7-13-28(25)31/h3-19H,20-21H2,1-2H3,(H,33,35)/b32-19+. The molecule has 1 N–H and O–H groups in total. The van der Waals surface area contributed by atoms with E-state index in [2.05, 4.69) is 10.5 Å². The molecule has 0 unspecified atom stereocenters. The molecule has 4 aromatic rings. The van der Waals surface area contributed by atoms with Crippen LogP contribution in [0.3, 0.4) is 0 Å². The van der Waals surface area contributed by atoms with Gasteiger partial charge in [0.15, 0.2) is 0 Å². The topological polar surface area (TPSA) is 88.1 Å². The van der Waals surface area contributed by atoms with Crippen molar-refractivity contribution in [3.8, 4) is 5.75 Å². The van der Waals surface area contributed by atoms with Crippen LogP contribution >= 0.6 is 11.6 Å². The second kappa shape index (κ2) is 12.6. The number of amides is 1. The molecule has 39 heavy (non-hydrogen) atoms. The third kappa shape index (κ3) is 7.04. The van der Waals surface area contributed by atoms with Crippen LogP contribution in [-0.2, 0) is 21.4 Å². The van der Waals surface area contributed by atoms with Crippen molar-refractivity contribution in [1.82, 2.24) is 5.43 Å². The van der Waals surface area contributed by atoms with Crippen LogP contribution in [0.1, 0.15) is 22.3 Å². The summed E-state index contributed by atoms with van der Waals surface area (Å²) in [5, 5.41) is 4.66. The highest BCUT2D eigenvalue weighted by Gasteiger charge is 2.28.